The molecule has 0 unspecified atom stereocenters. The van der Waals surface area contributed by atoms with Crippen molar-refractivity contribution in [3.05, 3.63) is 11.8 Å². The maximum atomic E-state index is 13.3. The number of anilines is 2. The summed E-state index contributed by atoms with van der Waals surface area (Å²) in [6, 6.07) is 1.20. The van der Waals surface area contributed by atoms with Crippen LogP contribution >= 0.6 is 0 Å². The van der Waals surface area contributed by atoms with Crippen LogP contribution in [0, 0.1) is 17.8 Å². The Bertz CT molecular complexity index is 730. The van der Waals surface area contributed by atoms with Gasteiger partial charge in [0.25, 0.3) is 0 Å². The van der Waals surface area contributed by atoms with Crippen LogP contribution in [0.1, 0.15) is 31.9 Å². The van der Waals surface area contributed by atoms with E-state index in [2.05, 4.69) is 9.97 Å². The van der Waals surface area contributed by atoms with E-state index in [1.165, 1.54) is 7.11 Å². The molecule has 0 N–H and O–H groups in total. The molecule has 0 amide bonds. The molecule has 1 aromatic rings. The summed E-state index contributed by atoms with van der Waals surface area (Å²) < 4.78 is 44.8. The molecule has 1 aromatic heterocycles. The number of nitrogens with zero attached hydrogens (tertiary/aromatic N) is 4. The molecule has 0 aromatic carbocycles. The summed E-state index contributed by atoms with van der Waals surface area (Å²) in [5.41, 5.74) is -0.896. The zero-order valence-electron chi connectivity index (χ0n) is 15.4. The van der Waals surface area contributed by atoms with Crippen LogP contribution in [-0.2, 0) is 15.7 Å². The van der Waals surface area contributed by atoms with E-state index in [0.29, 0.717) is 43.7 Å². The Labute approximate surface area is 155 Å². The van der Waals surface area contributed by atoms with Crippen LogP contribution in [0.3, 0.4) is 0 Å². The van der Waals surface area contributed by atoms with Crippen molar-refractivity contribution in [2.75, 3.05) is 36.5 Å². The molecule has 4 aliphatic rings. The minimum atomic E-state index is -4.51. The van der Waals surface area contributed by atoms with Gasteiger partial charge in [-0.1, -0.05) is 0 Å². The zero-order chi connectivity index (χ0) is 19.3. The van der Waals surface area contributed by atoms with Gasteiger partial charge in [0.05, 0.1) is 7.11 Å². The first-order valence-corrected chi connectivity index (χ1v) is 9.31. The lowest BCUT2D eigenvalue weighted by Crippen LogP contribution is -2.56. The van der Waals surface area contributed by atoms with E-state index >= 15 is 0 Å². The van der Waals surface area contributed by atoms with Crippen LogP contribution in [-0.4, -0.2) is 48.7 Å². The molecule has 1 saturated carbocycles. The summed E-state index contributed by atoms with van der Waals surface area (Å²) in [5, 5.41) is 0. The van der Waals surface area contributed by atoms with Crippen LogP contribution in [0.2, 0.25) is 0 Å². The van der Waals surface area contributed by atoms with Gasteiger partial charge < -0.3 is 14.5 Å². The summed E-state index contributed by atoms with van der Waals surface area (Å²) in [6.45, 7) is 3.86. The predicted molar refractivity (Wildman–Crippen MR) is 92.4 cm³/mol. The molecular formula is C18H23F3N4O2. The summed E-state index contributed by atoms with van der Waals surface area (Å²) in [5.74, 6) is 1.10. The number of hydrogen-bond acceptors (Lipinski definition) is 6. The number of aromatic nitrogens is 2. The number of carbonyl (C=O) groups is 1. The lowest BCUT2D eigenvalue weighted by atomic mass is 9.60. The molecule has 27 heavy (non-hydrogen) atoms. The second kappa shape index (κ2) is 6.53. The highest BCUT2D eigenvalue weighted by molar-refractivity contribution is 5.69. The quantitative estimate of drug-likeness (QED) is 0.744. The standard InChI is InChI=1S/C18H23F3N4O2/c1-10-3-4-25(10)17-22-14(18(19,20)21)7-15(23-17)24-8-11-5-12(9-24)13(11)6-16(26)27-2/h7,10-13H,3-6,8-9H2,1-2H3/t10-,11-,12+,13+/m0/s1. The minimum absolute atomic E-state index is 0.153. The van der Waals surface area contributed by atoms with Gasteiger partial charge in [-0.05, 0) is 37.5 Å². The molecule has 1 aliphatic carbocycles. The van der Waals surface area contributed by atoms with Crippen LogP contribution < -0.4 is 9.80 Å². The van der Waals surface area contributed by atoms with Gasteiger partial charge in [-0.3, -0.25) is 4.79 Å². The van der Waals surface area contributed by atoms with Crippen molar-refractivity contribution in [2.24, 2.45) is 17.8 Å². The van der Waals surface area contributed by atoms with E-state index in [4.69, 9.17) is 4.74 Å². The van der Waals surface area contributed by atoms with E-state index in [-0.39, 0.29) is 23.9 Å². The summed E-state index contributed by atoms with van der Waals surface area (Å²) in [6.07, 6.45) is -2.19. The van der Waals surface area contributed by atoms with Crippen molar-refractivity contribution < 1.29 is 22.7 Å². The van der Waals surface area contributed by atoms with E-state index in [9.17, 15) is 18.0 Å². The van der Waals surface area contributed by atoms with E-state index in [1.807, 2.05) is 16.7 Å². The SMILES string of the molecule is COC(=O)C[C@H]1[C@@H]2C[C@H]1CN(c1cc(C(F)(F)F)nc(N3CC[C@@H]3C)n1)C2. The fourth-order valence-corrected chi connectivity index (χ4v) is 4.46. The second-order valence-corrected chi connectivity index (χ2v) is 7.85. The molecule has 148 valence electrons. The molecule has 3 saturated heterocycles. The molecule has 5 rings (SSSR count). The van der Waals surface area contributed by atoms with Gasteiger partial charge in [0.15, 0.2) is 5.69 Å². The molecule has 9 heteroatoms. The molecule has 4 atom stereocenters. The number of piperidine rings is 2. The Morgan fingerprint density at radius 3 is 2.52 bits per heavy atom. The van der Waals surface area contributed by atoms with Crippen molar-refractivity contribution in [1.82, 2.24) is 9.97 Å². The Hall–Kier alpha value is -2.06. The highest BCUT2D eigenvalue weighted by Gasteiger charge is 2.48. The third-order valence-electron chi connectivity index (χ3n) is 6.25. The van der Waals surface area contributed by atoms with Crippen molar-refractivity contribution in [2.45, 2.75) is 38.4 Å². The highest BCUT2D eigenvalue weighted by Crippen LogP contribution is 2.48. The van der Waals surface area contributed by atoms with Crippen LogP contribution in [0.25, 0.3) is 0 Å². The molecule has 6 nitrogen and oxygen atoms in total. The number of carbonyl (C=O) groups excluding carboxylic acids is 1. The van der Waals surface area contributed by atoms with Gasteiger partial charge in [0, 0.05) is 38.2 Å². The average molecular weight is 384 g/mol. The van der Waals surface area contributed by atoms with Crippen molar-refractivity contribution >= 4 is 17.7 Å². The maximum Gasteiger partial charge on any atom is 0.433 e. The minimum Gasteiger partial charge on any atom is -0.469 e. The predicted octanol–water partition coefficient (Wildman–Crippen LogP) is 2.73. The molecule has 2 bridgehead atoms. The zero-order valence-corrected chi connectivity index (χ0v) is 15.4. The van der Waals surface area contributed by atoms with Crippen LogP contribution in [0.5, 0.6) is 0 Å². The number of rotatable bonds is 4. The van der Waals surface area contributed by atoms with Crippen LogP contribution in [0.4, 0.5) is 24.9 Å². The number of esters is 1. The fraction of sp³-hybridized carbons (Fsp3) is 0.722. The van der Waals surface area contributed by atoms with E-state index in [0.717, 1.165) is 18.9 Å². The topological polar surface area (TPSA) is 58.6 Å². The van der Waals surface area contributed by atoms with Gasteiger partial charge >= 0.3 is 12.1 Å². The van der Waals surface area contributed by atoms with Crippen molar-refractivity contribution in [3.63, 3.8) is 0 Å². The Morgan fingerprint density at radius 1 is 1.30 bits per heavy atom. The Balaban J connectivity index is 1.55. The Morgan fingerprint density at radius 2 is 2.00 bits per heavy atom. The molecule has 0 radical (unpaired) electrons. The lowest BCUT2D eigenvalue weighted by Gasteiger charge is -2.54. The molecule has 3 aliphatic heterocycles. The number of methoxy groups -OCH3 is 1. The molecule has 0 spiro atoms. The third-order valence-corrected chi connectivity index (χ3v) is 6.25. The summed E-state index contributed by atoms with van der Waals surface area (Å²) in [4.78, 5) is 23.5. The largest absolute Gasteiger partial charge is 0.469 e. The van der Waals surface area contributed by atoms with Gasteiger partial charge in [0.2, 0.25) is 5.95 Å². The first-order valence-electron chi connectivity index (χ1n) is 9.31. The first-order chi connectivity index (χ1) is 12.8. The second-order valence-electron chi connectivity index (χ2n) is 7.85. The van der Waals surface area contributed by atoms with E-state index < -0.39 is 11.9 Å². The fourth-order valence-electron chi connectivity index (χ4n) is 4.46. The van der Waals surface area contributed by atoms with Gasteiger partial charge in [0.1, 0.15) is 5.82 Å². The molecule has 4 fully saturated rings. The van der Waals surface area contributed by atoms with Crippen molar-refractivity contribution in [1.29, 1.82) is 0 Å². The average Bonchev–Trinajstić information content (AvgIpc) is 2.63. The monoisotopic (exact) mass is 384 g/mol. The number of ether oxygens (including phenoxy) is 1. The third kappa shape index (κ3) is 3.32. The molecular weight excluding hydrogens is 361 g/mol. The van der Waals surface area contributed by atoms with E-state index in [1.54, 1.807) is 0 Å². The number of halogens is 3. The normalized spacial score (nSPS) is 29.8. The highest BCUT2D eigenvalue weighted by atomic mass is 19.4. The number of hydrogen-bond donors (Lipinski definition) is 0. The summed E-state index contributed by atoms with van der Waals surface area (Å²) in [7, 11) is 1.38. The van der Waals surface area contributed by atoms with Gasteiger partial charge in [-0.25, -0.2) is 4.98 Å². The summed E-state index contributed by atoms with van der Waals surface area (Å²) >= 11 is 0. The first kappa shape index (κ1) is 18.3. The maximum absolute atomic E-state index is 13.3. The number of fused-ring (bicyclic) bond motifs is 2. The van der Waals surface area contributed by atoms with Gasteiger partial charge in [-0.15, -0.1) is 0 Å². The van der Waals surface area contributed by atoms with Crippen molar-refractivity contribution in [3.8, 4) is 0 Å². The smallest absolute Gasteiger partial charge is 0.433 e. The Kier molecular flexibility index (Phi) is 4.43. The lowest BCUT2D eigenvalue weighted by molar-refractivity contribution is -0.145. The van der Waals surface area contributed by atoms with Crippen LogP contribution in [0.15, 0.2) is 6.07 Å². The van der Waals surface area contributed by atoms with Gasteiger partial charge in [-0.2, -0.15) is 18.2 Å². The molecule has 4 heterocycles. The number of alkyl halides is 3.